The summed E-state index contributed by atoms with van der Waals surface area (Å²) in [6, 6.07) is 13.8. The second kappa shape index (κ2) is 11.2. The Labute approximate surface area is 164 Å². The van der Waals surface area contributed by atoms with Gasteiger partial charge in [0, 0.05) is 25.4 Å². The average molecular weight is 394 g/mol. The van der Waals surface area contributed by atoms with Crippen LogP contribution in [0.5, 0.6) is 5.75 Å². The number of nitrogens with one attached hydrogen (secondary N) is 2. The summed E-state index contributed by atoms with van der Waals surface area (Å²) >= 11 is 0. The molecule has 0 fully saturated rings. The van der Waals surface area contributed by atoms with Gasteiger partial charge < -0.3 is 25.8 Å². The van der Waals surface area contributed by atoms with Crippen LogP contribution >= 0.6 is 12.4 Å². The summed E-state index contributed by atoms with van der Waals surface area (Å²) < 4.78 is 10.3. The van der Waals surface area contributed by atoms with E-state index in [2.05, 4.69) is 10.6 Å². The summed E-state index contributed by atoms with van der Waals surface area (Å²) in [5, 5.41) is 5.53. The fourth-order valence-corrected chi connectivity index (χ4v) is 2.36. The van der Waals surface area contributed by atoms with Crippen molar-refractivity contribution in [3.05, 3.63) is 54.1 Å². The van der Waals surface area contributed by atoms with Crippen molar-refractivity contribution in [3.63, 3.8) is 0 Å². The van der Waals surface area contributed by atoms with Gasteiger partial charge >= 0.3 is 0 Å². The summed E-state index contributed by atoms with van der Waals surface area (Å²) in [6.07, 6.45) is -0.258. The van der Waals surface area contributed by atoms with E-state index in [1.165, 1.54) is 7.11 Å². The van der Waals surface area contributed by atoms with Crippen molar-refractivity contribution in [1.82, 2.24) is 0 Å². The van der Waals surface area contributed by atoms with Gasteiger partial charge in [-0.25, -0.2) is 0 Å². The summed E-state index contributed by atoms with van der Waals surface area (Å²) in [6.45, 7) is 0.238. The monoisotopic (exact) mass is 393 g/mol. The molecular formula is C19H24ClN3O4. The van der Waals surface area contributed by atoms with E-state index in [1.54, 1.807) is 55.6 Å². The van der Waals surface area contributed by atoms with E-state index in [4.69, 9.17) is 15.2 Å². The van der Waals surface area contributed by atoms with Gasteiger partial charge in [-0.15, -0.1) is 12.4 Å². The molecule has 4 N–H and O–H groups in total. The fourth-order valence-electron chi connectivity index (χ4n) is 2.36. The zero-order valence-corrected chi connectivity index (χ0v) is 16.0. The zero-order valence-electron chi connectivity index (χ0n) is 15.2. The van der Waals surface area contributed by atoms with Crippen LogP contribution in [0.15, 0.2) is 48.5 Å². The minimum absolute atomic E-state index is 0. The van der Waals surface area contributed by atoms with Gasteiger partial charge in [-0.3, -0.25) is 9.59 Å². The molecule has 1 atom stereocenters. The first kappa shape index (κ1) is 22.4. The number of amides is 2. The Morgan fingerprint density at radius 3 is 2.48 bits per heavy atom. The number of carbonyl (C=O) groups is 2. The number of benzene rings is 2. The molecular weight excluding hydrogens is 370 g/mol. The van der Waals surface area contributed by atoms with Gasteiger partial charge in [0.2, 0.25) is 5.91 Å². The number of hydrogen-bond acceptors (Lipinski definition) is 5. The van der Waals surface area contributed by atoms with Gasteiger partial charge in [-0.2, -0.15) is 0 Å². The van der Waals surface area contributed by atoms with Gasteiger partial charge in [0.1, 0.15) is 5.75 Å². The SMILES string of the molecule is COc1cccc(NC(=O)c2ccccc2NC(=O)CC(CN)OC)c1.Cl. The first-order valence-electron chi connectivity index (χ1n) is 8.14. The van der Waals surface area contributed by atoms with E-state index in [1.807, 2.05) is 0 Å². The van der Waals surface area contributed by atoms with Crippen LogP contribution < -0.4 is 21.1 Å². The van der Waals surface area contributed by atoms with Crippen LogP contribution in [0.2, 0.25) is 0 Å². The van der Waals surface area contributed by atoms with Crippen molar-refractivity contribution in [2.45, 2.75) is 12.5 Å². The van der Waals surface area contributed by atoms with E-state index in [0.717, 1.165) is 0 Å². The lowest BCUT2D eigenvalue weighted by molar-refractivity contribution is -0.118. The van der Waals surface area contributed by atoms with E-state index in [-0.39, 0.29) is 43.3 Å². The number of para-hydroxylation sites is 1. The molecule has 7 nitrogen and oxygen atoms in total. The number of rotatable bonds is 8. The minimum atomic E-state index is -0.368. The molecule has 146 valence electrons. The average Bonchev–Trinajstić information content (AvgIpc) is 2.66. The Morgan fingerprint density at radius 2 is 1.81 bits per heavy atom. The number of nitrogens with two attached hydrogens (primary N) is 1. The second-order valence-electron chi connectivity index (χ2n) is 5.58. The summed E-state index contributed by atoms with van der Waals surface area (Å²) in [4.78, 5) is 24.8. The summed E-state index contributed by atoms with van der Waals surface area (Å²) in [5.41, 5.74) is 6.90. The van der Waals surface area contributed by atoms with E-state index < -0.39 is 0 Å². The minimum Gasteiger partial charge on any atom is -0.497 e. The molecule has 0 aliphatic carbocycles. The second-order valence-corrected chi connectivity index (χ2v) is 5.58. The Hall–Kier alpha value is -2.61. The quantitative estimate of drug-likeness (QED) is 0.639. The third-order valence-corrected chi connectivity index (χ3v) is 3.78. The van der Waals surface area contributed by atoms with Crippen molar-refractivity contribution >= 4 is 35.6 Å². The Balaban J connectivity index is 0.00000364. The van der Waals surface area contributed by atoms with Crippen molar-refractivity contribution in [2.24, 2.45) is 5.73 Å². The first-order chi connectivity index (χ1) is 12.6. The van der Waals surface area contributed by atoms with Gasteiger partial charge in [0.05, 0.1) is 30.9 Å². The zero-order chi connectivity index (χ0) is 18.9. The Bertz CT molecular complexity index is 766. The third kappa shape index (κ3) is 6.56. The summed E-state index contributed by atoms with van der Waals surface area (Å²) in [7, 11) is 3.06. The van der Waals surface area contributed by atoms with Crippen molar-refractivity contribution in [1.29, 1.82) is 0 Å². The molecule has 0 saturated carbocycles. The van der Waals surface area contributed by atoms with E-state index in [0.29, 0.717) is 22.7 Å². The van der Waals surface area contributed by atoms with Gasteiger partial charge in [0.25, 0.3) is 5.91 Å². The largest absolute Gasteiger partial charge is 0.497 e. The van der Waals surface area contributed by atoms with Gasteiger partial charge in [-0.1, -0.05) is 18.2 Å². The van der Waals surface area contributed by atoms with E-state index in [9.17, 15) is 9.59 Å². The molecule has 8 heteroatoms. The van der Waals surface area contributed by atoms with Gasteiger partial charge in [0.15, 0.2) is 0 Å². The lowest BCUT2D eigenvalue weighted by Gasteiger charge is -2.15. The van der Waals surface area contributed by atoms with Crippen LogP contribution in [0.1, 0.15) is 16.8 Å². The standard InChI is InChI=1S/C19H23N3O4.ClH/c1-25-14-7-5-6-13(10-14)21-19(24)16-8-3-4-9-17(16)22-18(23)11-15(12-20)26-2;/h3-10,15H,11-12,20H2,1-2H3,(H,21,24)(H,22,23);1H. The van der Waals surface area contributed by atoms with Crippen LogP contribution in [-0.2, 0) is 9.53 Å². The fraction of sp³-hybridized carbons (Fsp3) is 0.263. The summed E-state index contributed by atoms with van der Waals surface area (Å²) in [5.74, 6) is 0.0250. The molecule has 27 heavy (non-hydrogen) atoms. The van der Waals surface area contributed by atoms with Crippen LogP contribution in [0.25, 0.3) is 0 Å². The molecule has 2 rings (SSSR count). The van der Waals surface area contributed by atoms with Crippen LogP contribution in [0.4, 0.5) is 11.4 Å². The number of carbonyl (C=O) groups excluding carboxylic acids is 2. The molecule has 0 aliphatic rings. The van der Waals surface area contributed by atoms with Crippen LogP contribution in [-0.4, -0.2) is 38.7 Å². The Kier molecular flexibility index (Phi) is 9.29. The molecule has 2 aromatic carbocycles. The first-order valence-corrected chi connectivity index (χ1v) is 8.14. The molecule has 0 radical (unpaired) electrons. The number of anilines is 2. The highest BCUT2D eigenvalue weighted by Gasteiger charge is 2.16. The predicted octanol–water partition coefficient (Wildman–Crippen LogP) is 2.67. The van der Waals surface area contributed by atoms with E-state index >= 15 is 0 Å². The topological polar surface area (TPSA) is 103 Å². The molecule has 0 heterocycles. The maximum absolute atomic E-state index is 12.6. The lowest BCUT2D eigenvalue weighted by Crippen LogP contribution is -2.28. The third-order valence-electron chi connectivity index (χ3n) is 3.78. The number of halogens is 1. The highest BCUT2D eigenvalue weighted by Crippen LogP contribution is 2.20. The smallest absolute Gasteiger partial charge is 0.257 e. The number of ether oxygens (including phenoxy) is 2. The highest BCUT2D eigenvalue weighted by molar-refractivity contribution is 6.10. The van der Waals surface area contributed by atoms with Crippen molar-refractivity contribution in [2.75, 3.05) is 31.4 Å². The lowest BCUT2D eigenvalue weighted by atomic mass is 10.1. The molecule has 0 saturated heterocycles. The van der Waals surface area contributed by atoms with Crippen molar-refractivity contribution in [3.8, 4) is 5.75 Å². The number of hydrogen-bond donors (Lipinski definition) is 3. The molecule has 0 aliphatic heterocycles. The van der Waals surface area contributed by atoms with Crippen molar-refractivity contribution < 1.29 is 19.1 Å². The molecule has 0 aromatic heterocycles. The Morgan fingerprint density at radius 1 is 1.07 bits per heavy atom. The molecule has 2 amide bonds. The van der Waals surface area contributed by atoms with Crippen LogP contribution in [0.3, 0.4) is 0 Å². The molecule has 0 spiro atoms. The predicted molar refractivity (Wildman–Crippen MR) is 108 cm³/mol. The molecule has 0 bridgehead atoms. The number of methoxy groups -OCH3 is 2. The molecule has 2 aromatic rings. The van der Waals surface area contributed by atoms with Crippen LogP contribution in [0, 0.1) is 0 Å². The maximum atomic E-state index is 12.6. The highest BCUT2D eigenvalue weighted by atomic mass is 35.5. The molecule has 1 unspecified atom stereocenters. The van der Waals surface area contributed by atoms with Gasteiger partial charge in [-0.05, 0) is 24.3 Å². The maximum Gasteiger partial charge on any atom is 0.257 e. The normalized spacial score (nSPS) is 11.1.